The fourth-order valence-electron chi connectivity index (χ4n) is 1.10. The zero-order valence-corrected chi connectivity index (χ0v) is 7.43. The zero-order chi connectivity index (χ0) is 8.48. The molecule has 1 rings (SSSR count). The molecule has 0 spiro atoms. The first-order chi connectivity index (χ1) is 5.09. The van der Waals surface area contributed by atoms with Crippen LogP contribution < -0.4 is 0 Å². The predicted molar refractivity (Wildman–Crippen MR) is 46.7 cm³/mol. The van der Waals surface area contributed by atoms with Crippen LogP contribution in [0.2, 0.25) is 0 Å². The first-order valence-corrected chi connectivity index (χ1v) is 3.96. The van der Waals surface area contributed by atoms with Crippen LogP contribution in [0.5, 0.6) is 0 Å². The lowest BCUT2D eigenvalue weighted by molar-refractivity contribution is -0.110. The van der Waals surface area contributed by atoms with Gasteiger partial charge in [0.15, 0.2) is 0 Å². The number of hydrogen-bond donors (Lipinski definition) is 0. The van der Waals surface area contributed by atoms with E-state index in [1.54, 1.807) is 0 Å². The molecule has 0 radical (unpaired) electrons. The van der Waals surface area contributed by atoms with Crippen molar-refractivity contribution in [2.45, 2.75) is 18.7 Å². The summed E-state index contributed by atoms with van der Waals surface area (Å²) in [4.78, 5) is 10.0. The Balaban J connectivity index is 2.97. The van der Waals surface area contributed by atoms with E-state index >= 15 is 0 Å². The Morgan fingerprint density at radius 2 is 2.36 bits per heavy atom. The van der Waals surface area contributed by atoms with Gasteiger partial charge in [0, 0.05) is 0 Å². The van der Waals surface area contributed by atoms with Crippen molar-refractivity contribution >= 4 is 17.9 Å². The zero-order valence-electron chi connectivity index (χ0n) is 6.67. The van der Waals surface area contributed by atoms with Crippen LogP contribution in [0.4, 0.5) is 0 Å². The van der Waals surface area contributed by atoms with Crippen LogP contribution in [0, 0.1) is 5.92 Å². The summed E-state index contributed by atoms with van der Waals surface area (Å²) < 4.78 is 0. The first kappa shape index (κ1) is 8.54. The minimum Gasteiger partial charge on any atom is -0.303 e. The molecule has 0 bridgehead atoms. The van der Waals surface area contributed by atoms with Crippen molar-refractivity contribution in [2.24, 2.45) is 5.92 Å². The molecule has 0 aromatic carbocycles. The van der Waals surface area contributed by atoms with E-state index in [1.807, 2.05) is 32.1 Å². The van der Waals surface area contributed by atoms with Gasteiger partial charge >= 0.3 is 0 Å². The molecule has 0 heterocycles. The average molecular weight is 171 g/mol. The number of alkyl halides is 1. The van der Waals surface area contributed by atoms with Crippen molar-refractivity contribution in [1.29, 1.82) is 0 Å². The lowest BCUT2D eigenvalue weighted by atomic mass is 9.84. The average Bonchev–Trinajstić information content (AvgIpc) is 1.95. The normalized spacial score (nSPS) is 36.6. The minimum absolute atomic E-state index is 0.186. The lowest BCUT2D eigenvalue weighted by Crippen LogP contribution is -2.31. The molecule has 60 valence electrons. The third-order valence-electron chi connectivity index (χ3n) is 2.21. The lowest BCUT2D eigenvalue weighted by Gasteiger charge is -2.29. The monoisotopic (exact) mass is 170 g/mol. The van der Waals surface area contributed by atoms with E-state index in [9.17, 15) is 4.79 Å². The summed E-state index contributed by atoms with van der Waals surface area (Å²) in [6.45, 7) is 3.80. The van der Waals surface area contributed by atoms with Crippen LogP contribution in [0.25, 0.3) is 0 Å². The van der Waals surface area contributed by atoms with Crippen LogP contribution in [0.1, 0.15) is 13.8 Å². The number of allylic oxidation sites excluding steroid dienone is 4. The van der Waals surface area contributed by atoms with Gasteiger partial charge in [-0.1, -0.05) is 23.8 Å². The Bertz CT molecular complexity index is 226. The van der Waals surface area contributed by atoms with Crippen LogP contribution in [-0.2, 0) is 4.79 Å². The predicted octanol–water partition coefficient (Wildman–Crippen LogP) is 2.32. The van der Waals surface area contributed by atoms with E-state index in [0.717, 1.165) is 11.9 Å². The van der Waals surface area contributed by atoms with Crippen molar-refractivity contribution in [3.63, 3.8) is 0 Å². The number of carbonyl (C=O) groups excluding carboxylic acids is 1. The molecule has 0 saturated carbocycles. The molecule has 1 nitrogen and oxygen atoms in total. The standard InChI is InChI=1S/C9H11ClO/c1-7-4-3-5-8(6-11)9(7,2)10/h3-6,8H,1-2H3. The second kappa shape index (κ2) is 2.82. The molecule has 1 aliphatic rings. The van der Waals surface area contributed by atoms with Crippen LogP contribution in [0.15, 0.2) is 23.8 Å². The molecular weight excluding hydrogens is 160 g/mol. The molecule has 0 fully saturated rings. The Kier molecular flexibility index (Phi) is 2.19. The minimum atomic E-state index is -0.517. The highest BCUT2D eigenvalue weighted by Crippen LogP contribution is 2.35. The van der Waals surface area contributed by atoms with Gasteiger partial charge in [-0.15, -0.1) is 11.6 Å². The van der Waals surface area contributed by atoms with E-state index in [0.29, 0.717) is 0 Å². The summed E-state index contributed by atoms with van der Waals surface area (Å²) in [6, 6.07) is 0. The first-order valence-electron chi connectivity index (χ1n) is 3.59. The van der Waals surface area contributed by atoms with Gasteiger partial charge in [0.1, 0.15) is 6.29 Å². The van der Waals surface area contributed by atoms with Crippen LogP contribution >= 0.6 is 11.6 Å². The summed E-state index contributed by atoms with van der Waals surface area (Å²) in [5.41, 5.74) is 1.04. The molecule has 0 amide bonds. The smallest absolute Gasteiger partial charge is 0.128 e. The highest BCUT2D eigenvalue weighted by Gasteiger charge is 2.33. The van der Waals surface area contributed by atoms with Crippen molar-refractivity contribution in [2.75, 3.05) is 0 Å². The van der Waals surface area contributed by atoms with Gasteiger partial charge in [-0.05, 0) is 13.8 Å². The maximum absolute atomic E-state index is 10.6. The van der Waals surface area contributed by atoms with Gasteiger partial charge in [0.2, 0.25) is 0 Å². The fraction of sp³-hybridized carbons (Fsp3) is 0.444. The summed E-state index contributed by atoms with van der Waals surface area (Å²) in [6.07, 6.45) is 6.53. The van der Waals surface area contributed by atoms with Crippen molar-refractivity contribution in [1.82, 2.24) is 0 Å². The third kappa shape index (κ3) is 1.38. The summed E-state index contributed by atoms with van der Waals surface area (Å²) in [7, 11) is 0. The molecule has 2 unspecified atom stereocenters. The fourth-order valence-corrected chi connectivity index (χ4v) is 1.29. The molecule has 0 aromatic heterocycles. The van der Waals surface area contributed by atoms with Gasteiger partial charge in [0.25, 0.3) is 0 Å². The third-order valence-corrected chi connectivity index (χ3v) is 2.76. The summed E-state index contributed by atoms with van der Waals surface area (Å²) >= 11 is 6.14. The van der Waals surface area contributed by atoms with Gasteiger partial charge < -0.3 is 4.79 Å². The summed E-state index contributed by atoms with van der Waals surface area (Å²) in [5.74, 6) is -0.186. The second-order valence-electron chi connectivity index (χ2n) is 2.97. The molecule has 0 saturated heterocycles. The Hall–Kier alpha value is -0.560. The maximum atomic E-state index is 10.6. The molecule has 1 aliphatic carbocycles. The quantitative estimate of drug-likeness (QED) is 0.436. The Morgan fingerprint density at radius 1 is 1.73 bits per heavy atom. The molecule has 2 heteroatoms. The van der Waals surface area contributed by atoms with Crippen molar-refractivity contribution in [3.8, 4) is 0 Å². The topological polar surface area (TPSA) is 17.1 Å². The number of aldehydes is 1. The van der Waals surface area contributed by atoms with E-state index in [1.165, 1.54) is 0 Å². The molecular formula is C9H11ClO. The van der Waals surface area contributed by atoms with E-state index < -0.39 is 4.87 Å². The van der Waals surface area contributed by atoms with Crippen molar-refractivity contribution < 1.29 is 4.79 Å². The highest BCUT2D eigenvalue weighted by molar-refractivity contribution is 6.27. The largest absolute Gasteiger partial charge is 0.303 e. The van der Waals surface area contributed by atoms with E-state index in [4.69, 9.17) is 11.6 Å². The summed E-state index contributed by atoms with van der Waals surface area (Å²) in [5, 5.41) is 0. The van der Waals surface area contributed by atoms with Gasteiger partial charge in [0.05, 0.1) is 10.8 Å². The molecule has 0 aromatic rings. The van der Waals surface area contributed by atoms with Gasteiger partial charge in [-0.25, -0.2) is 0 Å². The van der Waals surface area contributed by atoms with E-state index in [-0.39, 0.29) is 5.92 Å². The molecule has 0 aliphatic heterocycles. The number of halogens is 1. The van der Waals surface area contributed by atoms with Crippen LogP contribution in [0.3, 0.4) is 0 Å². The molecule has 0 N–H and O–H groups in total. The number of rotatable bonds is 1. The number of hydrogen-bond acceptors (Lipinski definition) is 1. The Morgan fingerprint density at radius 3 is 2.82 bits per heavy atom. The van der Waals surface area contributed by atoms with Crippen LogP contribution in [-0.4, -0.2) is 11.2 Å². The molecule has 2 atom stereocenters. The van der Waals surface area contributed by atoms with Gasteiger partial charge in [-0.2, -0.15) is 0 Å². The Labute approximate surface area is 71.7 Å². The van der Waals surface area contributed by atoms with Gasteiger partial charge in [-0.3, -0.25) is 0 Å². The maximum Gasteiger partial charge on any atom is 0.128 e. The number of carbonyl (C=O) groups is 1. The highest BCUT2D eigenvalue weighted by atomic mass is 35.5. The van der Waals surface area contributed by atoms with E-state index in [2.05, 4.69) is 0 Å². The second-order valence-corrected chi connectivity index (χ2v) is 3.76. The molecule has 11 heavy (non-hydrogen) atoms. The SMILES string of the molecule is CC1=CC=CC(C=O)C1(C)Cl. The van der Waals surface area contributed by atoms with Crippen molar-refractivity contribution in [3.05, 3.63) is 23.8 Å².